The normalized spacial score (nSPS) is 12.0. The molecule has 0 amide bonds. The summed E-state index contributed by atoms with van der Waals surface area (Å²) in [5.74, 6) is -0.870. The molecule has 1 aliphatic heterocycles. The Hall–Kier alpha value is -3.22. The number of phenolic OH excluding ortho intramolecular Hbond substituents is 2. The van der Waals surface area contributed by atoms with Crippen molar-refractivity contribution in [2.75, 3.05) is 13.4 Å². The number of esters is 1. The van der Waals surface area contributed by atoms with Crippen LogP contribution in [0.25, 0.3) is 0 Å². The molecule has 3 rings (SSSR count). The summed E-state index contributed by atoms with van der Waals surface area (Å²) < 4.78 is 15.2. The quantitative estimate of drug-likeness (QED) is 0.655. The Kier molecular flexibility index (Phi) is 3.76. The number of ketones is 1. The third kappa shape index (κ3) is 3.03. The Balaban J connectivity index is 1.65. The molecule has 0 saturated heterocycles. The summed E-state index contributed by atoms with van der Waals surface area (Å²) in [6, 6.07) is 8.08. The maximum atomic E-state index is 11.9. The van der Waals surface area contributed by atoms with Crippen LogP contribution in [-0.4, -0.2) is 35.4 Å². The number of fused-ring (bicyclic) bond motifs is 1. The molecule has 0 atom stereocenters. The van der Waals surface area contributed by atoms with Crippen LogP contribution in [0.1, 0.15) is 20.7 Å². The largest absolute Gasteiger partial charge is 0.508 e. The van der Waals surface area contributed by atoms with Crippen molar-refractivity contribution in [1.29, 1.82) is 0 Å². The fourth-order valence-electron chi connectivity index (χ4n) is 2.07. The summed E-state index contributed by atoms with van der Waals surface area (Å²) in [6.45, 7) is -0.446. The molecule has 0 aliphatic carbocycles. The van der Waals surface area contributed by atoms with Crippen molar-refractivity contribution in [3.8, 4) is 23.0 Å². The van der Waals surface area contributed by atoms with E-state index in [0.717, 1.165) is 6.07 Å². The molecule has 2 aromatic carbocycles. The maximum Gasteiger partial charge on any atom is 0.338 e. The molecule has 7 nitrogen and oxygen atoms in total. The second-order valence-corrected chi connectivity index (χ2v) is 4.77. The van der Waals surface area contributed by atoms with Gasteiger partial charge in [-0.2, -0.15) is 0 Å². The topological polar surface area (TPSA) is 102 Å². The van der Waals surface area contributed by atoms with Crippen LogP contribution in [0.4, 0.5) is 0 Å². The molecule has 0 aromatic heterocycles. The lowest BCUT2D eigenvalue weighted by Gasteiger charge is -2.06. The molecule has 1 heterocycles. The third-order valence-corrected chi connectivity index (χ3v) is 3.22. The highest BCUT2D eigenvalue weighted by molar-refractivity contribution is 6.01. The van der Waals surface area contributed by atoms with E-state index in [2.05, 4.69) is 0 Å². The van der Waals surface area contributed by atoms with Gasteiger partial charge in [0.25, 0.3) is 0 Å². The number of phenols is 2. The number of benzene rings is 2. The number of ether oxygens (including phenoxy) is 3. The van der Waals surface area contributed by atoms with Gasteiger partial charge in [-0.3, -0.25) is 4.79 Å². The Labute approximate surface area is 130 Å². The fourth-order valence-corrected chi connectivity index (χ4v) is 2.07. The molecule has 0 unspecified atom stereocenters. The Morgan fingerprint density at radius 3 is 2.61 bits per heavy atom. The van der Waals surface area contributed by atoms with Crippen molar-refractivity contribution in [3.63, 3.8) is 0 Å². The van der Waals surface area contributed by atoms with Gasteiger partial charge in [0.05, 0.1) is 11.1 Å². The first-order valence-corrected chi connectivity index (χ1v) is 6.66. The van der Waals surface area contributed by atoms with Gasteiger partial charge in [0.2, 0.25) is 12.6 Å². The highest BCUT2D eigenvalue weighted by Gasteiger charge is 2.19. The Morgan fingerprint density at radius 2 is 1.83 bits per heavy atom. The molecule has 0 fully saturated rings. The first kappa shape index (κ1) is 14.7. The predicted molar refractivity (Wildman–Crippen MR) is 76.9 cm³/mol. The standard InChI is InChI=1S/C16H12O7/c17-10-2-3-11(12(18)6-10)13(19)7-21-16(20)9-1-4-14-15(5-9)23-8-22-14/h1-6,17-18H,7-8H2. The number of hydrogen-bond donors (Lipinski definition) is 2. The summed E-state index contributed by atoms with van der Waals surface area (Å²) in [4.78, 5) is 23.9. The van der Waals surface area contributed by atoms with Crippen LogP contribution in [0.15, 0.2) is 36.4 Å². The minimum Gasteiger partial charge on any atom is -0.508 e. The van der Waals surface area contributed by atoms with Crippen LogP contribution in [0.5, 0.6) is 23.0 Å². The molecule has 23 heavy (non-hydrogen) atoms. The van der Waals surface area contributed by atoms with Crippen molar-refractivity contribution in [2.24, 2.45) is 0 Å². The maximum absolute atomic E-state index is 11.9. The van der Waals surface area contributed by atoms with Gasteiger partial charge in [0.1, 0.15) is 11.5 Å². The molecule has 118 valence electrons. The molecule has 0 saturated carbocycles. The van der Waals surface area contributed by atoms with Crippen molar-refractivity contribution in [3.05, 3.63) is 47.5 Å². The first-order chi connectivity index (χ1) is 11.0. The first-order valence-electron chi connectivity index (χ1n) is 6.66. The zero-order chi connectivity index (χ0) is 16.4. The van der Waals surface area contributed by atoms with Crippen LogP contribution >= 0.6 is 0 Å². The molecular formula is C16H12O7. The predicted octanol–water partition coefficient (Wildman–Crippen LogP) is 1.87. The van der Waals surface area contributed by atoms with Crippen LogP contribution in [0.3, 0.4) is 0 Å². The molecule has 0 spiro atoms. The zero-order valence-electron chi connectivity index (χ0n) is 11.8. The molecule has 2 aromatic rings. The number of carbonyl (C=O) groups is 2. The number of hydrogen-bond acceptors (Lipinski definition) is 7. The minimum atomic E-state index is -0.699. The van der Waals surface area contributed by atoms with E-state index in [1.54, 1.807) is 6.07 Å². The van der Waals surface area contributed by atoms with E-state index in [-0.39, 0.29) is 29.4 Å². The van der Waals surface area contributed by atoms with Crippen molar-refractivity contribution < 1.29 is 34.0 Å². The van der Waals surface area contributed by atoms with Gasteiger partial charge in [-0.15, -0.1) is 0 Å². The van der Waals surface area contributed by atoms with Crippen LogP contribution in [-0.2, 0) is 4.74 Å². The lowest BCUT2D eigenvalue weighted by molar-refractivity contribution is 0.0473. The van der Waals surface area contributed by atoms with Crippen molar-refractivity contribution in [1.82, 2.24) is 0 Å². The van der Waals surface area contributed by atoms with E-state index < -0.39 is 18.4 Å². The van der Waals surface area contributed by atoms with E-state index >= 15 is 0 Å². The summed E-state index contributed by atoms with van der Waals surface area (Å²) >= 11 is 0. The monoisotopic (exact) mass is 316 g/mol. The van der Waals surface area contributed by atoms with E-state index in [1.807, 2.05) is 0 Å². The van der Waals surface area contributed by atoms with Gasteiger partial charge in [0.15, 0.2) is 18.1 Å². The SMILES string of the molecule is O=C(OCC(=O)c1ccc(O)cc1O)c1ccc2c(c1)OCO2. The molecule has 7 heteroatoms. The van der Waals surface area contributed by atoms with Gasteiger partial charge >= 0.3 is 5.97 Å². The summed E-state index contributed by atoms with van der Waals surface area (Å²) in [7, 11) is 0. The number of Topliss-reactive ketones (excluding diaryl/α,β-unsaturated/α-hetero) is 1. The van der Waals surface area contributed by atoms with Gasteiger partial charge in [0, 0.05) is 6.07 Å². The van der Waals surface area contributed by atoms with Gasteiger partial charge in [-0.1, -0.05) is 0 Å². The summed E-state index contributed by atoms with van der Waals surface area (Å²) in [6.07, 6.45) is 0. The van der Waals surface area contributed by atoms with Crippen LogP contribution in [0.2, 0.25) is 0 Å². The van der Waals surface area contributed by atoms with Crippen molar-refractivity contribution >= 4 is 11.8 Å². The molecule has 0 bridgehead atoms. The van der Waals surface area contributed by atoms with E-state index in [1.165, 1.54) is 24.3 Å². The van der Waals surface area contributed by atoms with Crippen molar-refractivity contribution in [2.45, 2.75) is 0 Å². The molecule has 1 aliphatic rings. The second kappa shape index (κ2) is 5.88. The average molecular weight is 316 g/mol. The van der Waals surface area contributed by atoms with Crippen LogP contribution < -0.4 is 9.47 Å². The van der Waals surface area contributed by atoms with Gasteiger partial charge in [-0.25, -0.2) is 4.79 Å². The number of rotatable bonds is 4. The molecule has 2 N–H and O–H groups in total. The Morgan fingerprint density at radius 1 is 1.04 bits per heavy atom. The average Bonchev–Trinajstić information content (AvgIpc) is 2.99. The summed E-state index contributed by atoms with van der Waals surface area (Å²) in [5, 5.41) is 18.8. The van der Waals surface area contributed by atoms with E-state index in [0.29, 0.717) is 11.5 Å². The lowest BCUT2D eigenvalue weighted by Crippen LogP contribution is -2.14. The highest BCUT2D eigenvalue weighted by Crippen LogP contribution is 2.32. The zero-order valence-corrected chi connectivity index (χ0v) is 11.8. The highest BCUT2D eigenvalue weighted by atomic mass is 16.7. The van der Waals surface area contributed by atoms with E-state index in [9.17, 15) is 19.8 Å². The number of aromatic hydroxyl groups is 2. The third-order valence-electron chi connectivity index (χ3n) is 3.22. The molecular weight excluding hydrogens is 304 g/mol. The smallest absolute Gasteiger partial charge is 0.338 e. The molecule has 0 radical (unpaired) electrons. The van der Waals surface area contributed by atoms with E-state index in [4.69, 9.17) is 14.2 Å². The number of carbonyl (C=O) groups excluding carboxylic acids is 2. The Bertz CT molecular complexity index is 782. The lowest BCUT2D eigenvalue weighted by atomic mass is 10.1. The van der Waals surface area contributed by atoms with Gasteiger partial charge < -0.3 is 24.4 Å². The fraction of sp³-hybridized carbons (Fsp3) is 0.125. The minimum absolute atomic E-state index is 0.0405. The summed E-state index contributed by atoms with van der Waals surface area (Å²) in [5.41, 5.74) is 0.179. The second-order valence-electron chi connectivity index (χ2n) is 4.77. The van der Waals surface area contributed by atoms with Gasteiger partial charge in [-0.05, 0) is 30.3 Å². The van der Waals surface area contributed by atoms with Crippen LogP contribution in [0, 0.1) is 0 Å².